The van der Waals surface area contributed by atoms with Gasteiger partial charge in [-0.2, -0.15) is 0 Å². The number of nitro benzene ring substituents is 1. The summed E-state index contributed by atoms with van der Waals surface area (Å²) in [5.41, 5.74) is 2.80. The third-order valence-corrected chi connectivity index (χ3v) is 4.88. The summed E-state index contributed by atoms with van der Waals surface area (Å²) in [6.45, 7) is 1.73. The second-order valence-electron chi connectivity index (χ2n) is 7.13. The normalized spacial score (nSPS) is 10.7. The Balaban J connectivity index is 1.78. The molecule has 1 amide bonds. The van der Waals surface area contributed by atoms with Crippen molar-refractivity contribution in [2.24, 2.45) is 4.99 Å². The van der Waals surface area contributed by atoms with E-state index in [1.165, 1.54) is 12.3 Å². The molecule has 9 heteroatoms. The maximum Gasteiger partial charge on any atom is 0.311 e. The molecule has 8 nitrogen and oxygen atoms in total. The Morgan fingerprint density at radius 2 is 1.82 bits per heavy atom. The quantitative estimate of drug-likeness (QED) is 0.200. The summed E-state index contributed by atoms with van der Waals surface area (Å²) < 4.78 is 0. The average molecular weight is 463 g/mol. The number of phenols is 1. The summed E-state index contributed by atoms with van der Waals surface area (Å²) in [6.07, 6.45) is 2.20. The van der Waals surface area contributed by atoms with Gasteiger partial charge in [-0.05, 0) is 60.1 Å². The first kappa shape index (κ1) is 23.6. The molecule has 0 aliphatic carbocycles. The Hall–Kier alpha value is -4.11. The summed E-state index contributed by atoms with van der Waals surface area (Å²) in [5.74, 6) is -0.618. The zero-order chi connectivity index (χ0) is 23.8. The number of carbonyl (C=O) groups excluding carboxylic acids is 1. The van der Waals surface area contributed by atoms with Crippen LogP contribution in [0.15, 0.2) is 71.7 Å². The van der Waals surface area contributed by atoms with Crippen molar-refractivity contribution in [2.75, 3.05) is 5.32 Å². The second kappa shape index (κ2) is 11.0. The first-order chi connectivity index (χ1) is 15.9. The molecular weight excluding hydrogens is 440 g/mol. The van der Waals surface area contributed by atoms with Crippen LogP contribution in [-0.2, 0) is 11.2 Å². The fourth-order valence-electron chi connectivity index (χ4n) is 3.03. The number of aromatic hydroxyl groups is 1. The molecule has 0 bridgehead atoms. The highest BCUT2D eigenvalue weighted by atomic mass is 32.1. The van der Waals surface area contributed by atoms with E-state index in [4.69, 9.17) is 12.2 Å². The lowest BCUT2D eigenvalue weighted by atomic mass is 10.0. The van der Waals surface area contributed by atoms with Crippen LogP contribution in [0, 0.1) is 10.1 Å². The lowest BCUT2D eigenvalue weighted by molar-refractivity contribution is -0.385. The molecular formula is C24H22N4O4S. The number of nitrogens with zero attached hydrogens (tertiary/aromatic N) is 2. The second-order valence-corrected chi connectivity index (χ2v) is 7.54. The van der Waals surface area contributed by atoms with Crippen LogP contribution in [0.1, 0.15) is 30.0 Å². The largest absolute Gasteiger partial charge is 0.502 e. The fourth-order valence-corrected chi connectivity index (χ4v) is 3.26. The molecule has 0 aliphatic rings. The topological polar surface area (TPSA) is 117 Å². The number of aliphatic imine (C=N–C) groups is 1. The summed E-state index contributed by atoms with van der Waals surface area (Å²) in [7, 11) is 0. The smallest absolute Gasteiger partial charge is 0.311 e. The molecule has 33 heavy (non-hydrogen) atoms. The van der Waals surface area contributed by atoms with Gasteiger partial charge in [-0.25, -0.2) is 0 Å². The van der Waals surface area contributed by atoms with Gasteiger partial charge < -0.3 is 15.7 Å². The molecule has 0 aliphatic heterocycles. The molecule has 0 aromatic heterocycles. The van der Waals surface area contributed by atoms with Crippen molar-refractivity contribution in [1.82, 2.24) is 5.32 Å². The van der Waals surface area contributed by atoms with Gasteiger partial charge in [-0.3, -0.25) is 19.9 Å². The van der Waals surface area contributed by atoms with Gasteiger partial charge >= 0.3 is 5.69 Å². The maximum absolute atomic E-state index is 11.4. The molecule has 0 unspecified atom stereocenters. The third-order valence-electron chi connectivity index (χ3n) is 4.68. The highest BCUT2D eigenvalue weighted by Gasteiger charge is 2.18. The Labute approximate surface area is 196 Å². The molecule has 3 rings (SSSR count). The predicted octanol–water partition coefficient (Wildman–Crippen LogP) is 4.86. The number of anilines is 1. The minimum absolute atomic E-state index is 0.183. The summed E-state index contributed by atoms with van der Waals surface area (Å²) in [6, 6.07) is 19.5. The van der Waals surface area contributed by atoms with Crippen LogP contribution in [0.4, 0.5) is 17.1 Å². The van der Waals surface area contributed by atoms with Crippen LogP contribution in [0.2, 0.25) is 0 Å². The van der Waals surface area contributed by atoms with Crippen molar-refractivity contribution < 1.29 is 14.8 Å². The van der Waals surface area contributed by atoms with Crippen LogP contribution in [-0.4, -0.2) is 27.3 Å². The van der Waals surface area contributed by atoms with Gasteiger partial charge in [0.05, 0.1) is 10.6 Å². The highest BCUT2D eigenvalue weighted by Crippen LogP contribution is 2.31. The SMILES string of the molecule is CCC(=O)NC(=S)Nc1ccc(N=Cc2cc(Cc3ccccc3)cc([N+](=O)[O-])c2O)cc1. The molecule has 3 N–H and O–H groups in total. The zero-order valence-electron chi connectivity index (χ0n) is 17.8. The van der Waals surface area contributed by atoms with Crippen molar-refractivity contribution in [2.45, 2.75) is 19.8 Å². The van der Waals surface area contributed by atoms with Crippen molar-refractivity contribution in [1.29, 1.82) is 0 Å². The molecule has 3 aromatic rings. The van der Waals surface area contributed by atoms with Gasteiger partial charge in [0.2, 0.25) is 11.7 Å². The molecule has 0 saturated heterocycles. The van der Waals surface area contributed by atoms with E-state index in [1.807, 2.05) is 30.3 Å². The highest BCUT2D eigenvalue weighted by molar-refractivity contribution is 7.80. The van der Waals surface area contributed by atoms with Crippen LogP contribution >= 0.6 is 12.2 Å². The van der Waals surface area contributed by atoms with Gasteiger partial charge in [0, 0.05) is 30.0 Å². The van der Waals surface area contributed by atoms with Crippen LogP contribution in [0.5, 0.6) is 5.75 Å². The molecule has 0 fully saturated rings. The molecule has 0 saturated carbocycles. The van der Waals surface area contributed by atoms with Gasteiger partial charge in [0.15, 0.2) is 5.11 Å². The minimum atomic E-state index is -0.609. The Bertz CT molecular complexity index is 1200. The molecule has 0 atom stereocenters. The van der Waals surface area contributed by atoms with E-state index in [0.29, 0.717) is 29.8 Å². The van der Waals surface area contributed by atoms with Gasteiger partial charge in [0.1, 0.15) is 0 Å². The predicted molar refractivity (Wildman–Crippen MR) is 132 cm³/mol. The average Bonchev–Trinajstić information content (AvgIpc) is 2.80. The van der Waals surface area contributed by atoms with E-state index in [0.717, 1.165) is 5.56 Å². The fraction of sp³-hybridized carbons (Fsp3) is 0.125. The van der Waals surface area contributed by atoms with E-state index >= 15 is 0 Å². The van der Waals surface area contributed by atoms with Crippen LogP contribution in [0.3, 0.4) is 0 Å². The van der Waals surface area contributed by atoms with E-state index in [-0.39, 0.29) is 22.3 Å². The van der Waals surface area contributed by atoms with Crippen molar-refractivity contribution in [3.8, 4) is 5.75 Å². The van der Waals surface area contributed by atoms with E-state index in [9.17, 15) is 20.0 Å². The van der Waals surface area contributed by atoms with Crippen molar-refractivity contribution in [3.63, 3.8) is 0 Å². The zero-order valence-corrected chi connectivity index (χ0v) is 18.6. The number of benzene rings is 3. The van der Waals surface area contributed by atoms with Crippen LogP contribution < -0.4 is 10.6 Å². The van der Waals surface area contributed by atoms with E-state index in [1.54, 1.807) is 37.3 Å². The number of thiocarbonyl (C=S) groups is 1. The standard InChI is InChI=1S/C24H22N4O4S/c1-2-22(29)27-24(33)26-20-10-8-19(9-11-20)25-15-18-13-17(12-16-6-4-3-5-7-16)14-21(23(18)30)28(31)32/h3-11,13-15,30H,2,12H2,1H3,(H2,26,27,29,33). The number of rotatable bonds is 7. The molecule has 0 radical (unpaired) electrons. The van der Waals surface area contributed by atoms with E-state index in [2.05, 4.69) is 15.6 Å². The number of nitrogens with one attached hydrogen (secondary N) is 2. The van der Waals surface area contributed by atoms with Gasteiger partial charge in [-0.1, -0.05) is 37.3 Å². The summed E-state index contributed by atoms with van der Waals surface area (Å²) in [5, 5.41) is 27.4. The van der Waals surface area contributed by atoms with E-state index < -0.39 is 10.7 Å². The monoisotopic (exact) mass is 462 g/mol. The van der Waals surface area contributed by atoms with Crippen molar-refractivity contribution >= 4 is 46.5 Å². The van der Waals surface area contributed by atoms with Crippen molar-refractivity contribution in [3.05, 3.63) is 93.5 Å². The van der Waals surface area contributed by atoms with Crippen LogP contribution in [0.25, 0.3) is 0 Å². The first-order valence-corrected chi connectivity index (χ1v) is 10.6. The lowest BCUT2D eigenvalue weighted by Crippen LogP contribution is -2.33. The molecule has 0 spiro atoms. The molecule has 0 heterocycles. The maximum atomic E-state index is 11.4. The Morgan fingerprint density at radius 3 is 2.45 bits per heavy atom. The Kier molecular flexibility index (Phi) is 7.82. The third kappa shape index (κ3) is 6.68. The summed E-state index contributed by atoms with van der Waals surface area (Å²) in [4.78, 5) is 26.5. The number of hydrogen-bond donors (Lipinski definition) is 3. The first-order valence-electron chi connectivity index (χ1n) is 10.1. The van der Waals surface area contributed by atoms with Gasteiger partial charge in [0.25, 0.3) is 0 Å². The molecule has 168 valence electrons. The number of phenolic OH excluding ortho intramolecular Hbond substituents is 1. The number of nitro groups is 1. The van der Waals surface area contributed by atoms with Gasteiger partial charge in [-0.15, -0.1) is 0 Å². The number of carbonyl (C=O) groups is 1. The number of amides is 1. The summed E-state index contributed by atoms with van der Waals surface area (Å²) >= 11 is 5.08. The lowest BCUT2D eigenvalue weighted by Gasteiger charge is -2.09. The minimum Gasteiger partial charge on any atom is -0.502 e. The Morgan fingerprint density at radius 1 is 1.12 bits per heavy atom. The molecule has 3 aromatic carbocycles. The number of hydrogen-bond acceptors (Lipinski definition) is 6.